The van der Waals surface area contributed by atoms with Gasteiger partial charge in [-0.25, -0.2) is 0 Å². The summed E-state index contributed by atoms with van der Waals surface area (Å²) >= 11 is 0. The van der Waals surface area contributed by atoms with E-state index in [-0.39, 0.29) is 0 Å². The summed E-state index contributed by atoms with van der Waals surface area (Å²) in [6, 6.07) is 8.62. The predicted octanol–water partition coefficient (Wildman–Crippen LogP) is 2.50. The second-order valence-corrected chi connectivity index (χ2v) is 7.28. The summed E-state index contributed by atoms with van der Waals surface area (Å²) in [5, 5.41) is 6.92. The van der Waals surface area contributed by atoms with Crippen molar-refractivity contribution >= 4 is 5.96 Å². The molecule has 1 saturated heterocycles. The van der Waals surface area contributed by atoms with Crippen LogP contribution in [0.2, 0.25) is 0 Å². The number of ether oxygens (including phenoxy) is 2. The van der Waals surface area contributed by atoms with E-state index < -0.39 is 0 Å². The Balaban J connectivity index is 1.89. The van der Waals surface area contributed by atoms with Crippen LogP contribution in [0, 0.1) is 5.92 Å². The first-order valence-corrected chi connectivity index (χ1v) is 10.1. The lowest BCUT2D eigenvalue weighted by atomic mass is 10.0. The van der Waals surface area contributed by atoms with Gasteiger partial charge in [0.25, 0.3) is 0 Å². The zero-order valence-electron chi connectivity index (χ0n) is 17.3. The van der Waals surface area contributed by atoms with Gasteiger partial charge in [-0.05, 0) is 25.3 Å². The fraction of sp³-hybridized carbons (Fsp3) is 0.667. The van der Waals surface area contributed by atoms with Gasteiger partial charge in [-0.15, -0.1) is 0 Å². The van der Waals surface area contributed by atoms with E-state index in [2.05, 4.69) is 40.4 Å². The van der Waals surface area contributed by atoms with Crippen molar-refractivity contribution in [3.63, 3.8) is 0 Å². The SMILES string of the molecule is CCOc1ccccc1CNC(=NC)NCC(CC(C)C)N1CCOCC1. The number of nitrogens with one attached hydrogen (secondary N) is 2. The van der Waals surface area contributed by atoms with Crippen LogP contribution >= 0.6 is 0 Å². The topological polar surface area (TPSA) is 58.1 Å². The highest BCUT2D eigenvalue weighted by Crippen LogP contribution is 2.17. The molecule has 0 amide bonds. The molecule has 0 radical (unpaired) electrons. The maximum absolute atomic E-state index is 5.71. The van der Waals surface area contributed by atoms with E-state index in [1.165, 1.54) is 0 Å². The number of para-hydroxylation sites is 1. The summed E-state index contributed by atoms with van der Waals surface area (Å²) in [5.74, 6) is 2.41. The van der Waals surface area contributed by atoms with Crippen LogP contribution in [0.3, 0.4) is 0 Å². The first kappa shape index (κ1) is 21.5. The minimum atomic E-state index is 0.489. The zero-order chi connectivity index (χ0) is 19.5. The number of aliphatic imine (C=N–C) groups is 1. The molecule has 2 N–H and O–H groups in total. The maximum atomic E-state index is 5.71. The molecule has 0 bridgehead atoms. The van der Waals surface area contributed by atoms with Crippen LogP contribution in [0.5, 0.6) is 5.75 Å². The van der Waals surface area contributed by atoms with E-state index in [0.29, 0.717) is 25.1 Å². The van der Waals surface area contributed by atoms with Crippen molar-refractivity contribution in [1.82, 2.24) is 15.5 Å². The van der Waals surface area contributed by atoms with Crippen molar-refractivity contribution in [1.29, 1.82) is 0 Å². The van der Waals surface area contributed by atoms with Crippen molar-refractivity contribution < 1.29 is 9.47 Å². The normalized spacial score (nSPS) is 17.0. The fourth-order valence-corrected chi connectivity index (χ4v) is 3.41. The van der Waals surface area contributed by atoms with Crippen molar-refractivity contribution in [3.8, 4) is 5.75 Å². The highest BCUT2D eigenvalue weighted by molar-refractivity contribution is 5.79. The Kier molecular flexibility index (Phi) is 9.42. The van der Waals surface area contributed by atoms with E-state index in [1.807, 2.05) is 32.2 Å². The van der Waals surface area contributed by atoms with E-state index in [1.54, 1.807) is 0 Å². The maximum Gasteiger partial charge on any atom is 0.191 e. The van der Waals surface area contributed by atoms with Crippen LogP contribution in [0.25, 0.3) is 0 Å². The third kappa shape index (κ3) is 7.39. The molecular weight excluding hydrogens is 340 g/mol. The molecule has 1 aromatic rings. The van der Waals surface area contributed by atoms with Gasteiger partial charge in [-0.2, -0.15) is 0 Å². The highest BCUT2D eigenvalue weighted by Gasteiger charge is 2.22. The summed E-state index contributed by atoms with van der Waals surface area (Å²) in [4.78, 5) is 6.92. The first-order valence-electron chi connectivity index (χ1n) is 10.1. The van der Waals surface area contributed by atoms with Crippen LogP contribution in [0.15, 0.2) is 29.3 Å². The summed E-state index contributed by atoms with van der Waals surface area (Å²) in [5.41, 5.74) is 1.13. The molecule has 0 aromatic heterocycles. The second kappa shape index (κ2) is 11.8. The molecule has 6 nitrogen and oxygen atoms in total. The number of hydrogen-bond donors (Lipinski definition) is 2. The molecule has 0 aliphatic carbocycles. The number of nitrogens with zero attached hydrogens (tertiary/aromatic N) is 2. The Morgan fingerprint density at radius 1 is 1.22 bits per heavy atom. The lowest BCUT2D eigenvalue weighted by Gasteiger charge is -2.35. The van der Waals surface area contributed by atoms with Crippen molar-refractivity contribution in [2.75, 3.05) is 46.5 Å². The van der Waals surface area contributed by atoms with E-state index in [9.17, 15) is 0 Å². The van der Waals surface area contributed by atoms with Gasteiger partial charge >= 0.3 is 0 Å². The lowest BCUT2D eigenvalue weighted by molar-refractivity contribution is 0.0132. The summed E-state index contributed by atoms with van der Waals surface area (Å²) < 4.78 is 11.2. The molecule has 1 aliphatic heterocycles. The quantitative estimate of drug-likeness (QED) is 0.512. The predicted molar refractivity (Wildman–Crippen MR) is 111 cm³/mol. The van der Waals surface area contributed by atoms with Gasteiger partial charge in [0.15, 0.2) is 5.96 Å². The molecule has 27 heavy (non-hydrogen) atoms. The molecular formula is C21H36N4O2. The number of benzene rings is 1. The highest BCUT2D eigenvalue weighted by atomic mass is 16.5. The molecule has 2 rings (SSSR count). The average molecular weight is 377 g/mol. The molecule has 1 aromatic carbocycles. The van der Waals surface area contributed by atoms with Crippen LogP contribution in [-0.2, 0) is 11.3 Å². The van der Waals surface area contributed by atoms with E-state index in [4.69, 9.17) is 9.47 Å². The Hall–Kier alpha value is -1.79. The largest absolute Gasteiger partial charge is 0.494 e. The van der Waals surface area contributed by atoms with Crippen LogP contribution < -0.4 is 15.4 Å². The average Bonchev–Trinajstić information content (AvgIpc) is 2.69. The molecule has 6 heteroatoms. The fourth-order valence-electron chi connectivity index (χ4n) is 3.41. The van der Waals surface area contributed by atoms with E-state index in [0.717, 1.165) is 56.5 Å². The van der Waals surface area contributed by atoms with Gasteiger partial charge in [-0.1, -0.05) is 32.0 Å². The van der Waals surface area contributed by atoms with Gasteiger partial charge in [0.2, 0.25) is 0 Å². The second-order valence-electron chi connectivity index (χ2n) is 7.28. The molecule has 0 spiro atoms. The molecule has 1 aliphatic rings. The number of morpholine rings is 1. The van der Waals surface area contributed by atoms with Crippen LogP contribution in [0.4, 0.5) is 0 Å². The van der Waals surface area contributed by atoms with Gasteiger partial charge in [0.05, 0.1) is 19.8 Å². The van der Waals surface area contributed by atoms with Gasteiger partial charge < -0.3 is 20.1 Å². The molecule has 1 fully saturated rings. The minimum Gasteiger partial charge on any atom is -0.494 e. The number of rotatable bonds is 9. The van der Waals surface area contributed by atoms with E-state index >= 15 is 0 Å². The van der Waals surface area contributed by atoms with Crippen LogP contribution in [0.1, 0.15) is 32.8 Å². The van der Waals surface area contributed by atoms with Crippen LogP contribution in [-0.4, -0.2) is 63.4 Å². The molecule has 0 saturated carbocycles. The van der Waals surface area contributed by atoms with Gasteiger partial charge in [-0.3, -0.25) is 9.89 Å². The summed E-state index contributed by atoms with van der Waals surface area (Å²) in [7, 11) is 1.82. The van der Waals surface area contributed by atoms with Gasteiger partial charge in [0.1, 0.15) is 5.75 Å². The Bertz CT molecular complexity index is 571. The zero-order valence-corrected chi connectivity index (χ0v) is 17.3. The van der Waals surface area contributed by atoms with Crippen molar-refractivity contribution in [2.24, 2.45) is 10.9 Å². The molecule has 152 valence electrons. The molecule has 1 heterocycles. The number of guanidine groups is 1. The number of hydrogen-bond acceptors (Lipinski definition) is 4. The molecule has 1 unspecified atom stereocenters. The third-order valence-corrected chi connectivity index (χ3v) is 4.75. The lowest BCUT2D eigenvalue weighted by Crippen LogP contribution is -2.51. The Morgan fingerprint density at radius 2 is 1.96 bits per heavy atom. The Morgan fingerprint density at radius 3 is 2.63 bits per heavy atom. The van der Waals surface area contributed by atoms with Gasteiger partial charge in [0, 0.05) is 44.8 Å². The van der Waals surface area contributed by atoms with Crippen molar-refractivity contribution in [2.45, 2.75) is 39.8 Å². The standard InChI is InChI=1S/C21H36N4O2/c1-5-27-20-9-7-6-8-18(20)15-23-21(22-4)24-16-19(14-17(2)3)25-10-12-26-13-11-25/h6-9,17,19H,5,10-16H2,1-4H3,(H2,22,23,24). The molecule has 1 atom stereocenters. The third-order valence-electron chi connectivity index (χ3n) is 4.75. The Labute approximate surface area is 164 Å². The monoisotopic (exact) mass is 376 g/mol. The minimum absolute atomic E-state index is 0.489. The summed E-state index contributed by atoms with van der Waals surface area (Å²) in [6.45, 7) is 12.5. The van der Waals surface area contributed by atoms with Crippen molar-refractivity contribution in [3.05, 3.63) is 29.8 Å². The smallest absolute Gasteiger partial charge is 0.191 e. The first-order chi connectivity index (χ1) is 13.1. The summed E-state index contributed by atoms with van der Waals surface area (Å²) in [6.07, 6.45) is 1.16.